The third-order valence-corrected chi connectivity index (χ3v) is 4.79. The summed E-state index contributed by atoms with van der Waals surface area (Å²) in [5.74, 6) is 0. The van der Waals surface area contributed by atoms with Crippen LogP contribution < -0.4 is 0 Å². The van der Waals surface area contributed by atoms with E-state index in [4.69, 9.17) is 24.5 Å². The van der Waals surface area contributed by atoms with Crippen molar-refractivity contribution in [2.24, 2.45) is 5.11 Å². The lowest BCUT2D eigenvalue weighted by molar-refractivity contribution is -0.211. The molecule has 2 aliphatic heterocycles. The highest BCUT2D eigenvalue weighted by Gasteiger charge is 2.51. The SMILES string of the molecule is [N-]=[N+]=NC1[C@@H]2OCC(O2)C(OCc2ccccc2)[C@@H]1OCc1ccccc1. The first kappa shape index (κ1) is 18.0. The van der Waals surface area contributed by atoms with Gasteiger partial charge in [0, 0.05) is 4.91 Å². The molecule has 0 N–H and O–H groups in total. The molecule has 2 aromatic rings. The van der Waals surface area contributed by atoms with Gasteiger partial charge in [-0.2, -0.15) is 0 Å². The van der Waals surface area contributed by atoms with E-state index in [-0.39, 0.29) is 12.2 Å². The van der Waals surface area contributed by atoms with Crippen LogP contribution in [0.2, 0.25) is 0 Å². The third-order valence-electron chi connectivity index (χ3n) is 4.79. The van der Waals surface area contributed by atoms with Crippen LogP contribution in [0.4, 0.5) is 0 Å². The normalized spacial score (nSPS) is 29.3. The van der Waals surface area contributed by atoms with Crippen molar-refractivity contribution in [3.8, 4) is 0 Å². The van der Waals surface area contributed by atoms with Crippen molar-refractivity contribution in [3.05, 3.63) is 82.2 Å². The van der Waals surface area contributed by atoms with Gasteiger partial charge in [0.05, 0.1) is 19.8 Å². The first-order valence-corrected chi connectivity index (χ1v) is 8.97. The average molecular weight is 367 g/mol. The summed E-state index contributed by atoms with van der Waals surface area (Å²) >= 11 is 0. The van der Waals surface area contributed by atoms with Crippen LogP contribution in [0.1, 0.15) is 11.1 Å². The van der Waals surface area contributed by atoms with E-state index in [1.54, 1.807) is 0 Å². The molecule has 5 atom stereocenters. The third kappa shape index (κ3) is 4.13. The first-order valence-electron chi connectivity index (χ1n) is 8.97. The topological polar surface area (TPSA) is 85.7 Å². The van der Waals surface area contributed by atoms with E-state index in [9.17, 15) is 0 Å². The Kier molecular flexibility index (Phi) is 5.67. The molecular formula is C20H21N3O4. The van der Waals surface area contributed by atoms with E-state index in [2.05, 4.69) is 10.0 Å². The summed E-state index contributed by atoms with van der Waals surface area (Å²) in [6.45, 7) is 1.21. The van der Waals surface area contributed by atoms with E-state index < -0.39 is 18.4 Å². The second-order valence-corrected chi connectivity index (χ2v) is 6.59. The number of azide groups is 1. The standard InChI is InChI=1S/C20H21N3O4/c21-23-22-17-19(25-12-15-9-5-2-6-10-15)18(16-13-26-20(17)27-16)24-11-14-7-3-1-4-8-14/h1-10,16-20H,11-13H2/t16?,17?,18?,19-,20-/m1/s1. The molecule has 7 nitrogen and oxygen atoms in total. The predicted molar refractivity (Wildman–Crippen MR) is 97.6 cm³/mol. The van der Waals surface area contributed by atoms with Gasteiger partial charge in [-0.25, -0.2) is 0 Å². The maximum absolute atomic E-state index is 8.99. The maximum Gasteiger partial charge on any atom is 0.169 e. The molecule has 0 aliphatic carbocycles. The Morgan fingerprint density at radius 3 is 2.11 bits per heavy atom. The molecule has 0 radical (unpaired) electrons. The lowest BCUT2D eigenvalue weighted by Gasteiger charge is -2.38. The number of fused-ring (bicyclic) bond motifs is 2. The second-order valence-electron chi connectivity index (χ2n) is 6.59. The van der Waals surface area contributed by atoms with Gasteiger partial charge in [-0.15, -0.1) is 0 Å². The van der Waals surface area contributed by atoms with Crippen LogP contribution in [0, 0.1) is 0 Å². The predicted octanol–water partition coefficient (Wildman–Crippen LogP) is 3.59. The van der Waals surface area contributed by atoms with Crippen molar-refractivity contribution in [2.75, 3.05) is 6.61 Å². The molecule has 0 saturated carbocycles. The van der Waals surface area contributed by atoms with E-state index >= 15 is 0 Å². The van der Waals surface area contributed by atoms with E-state index in [1.165, 1.54) is 0 Å². The van der Waals surface area contributed by atoms with Crippen LogP contribution in [0.25, 0.3) is 10.4 Å². The Bertz CT molecular complexity index is 782. The number of nitrogens with zero attached hydrogens (tertiary/aromatic N) is 3. The van der Waals surface area contributed by atoms with Gasteiger partial charge in [-0.1, -0.05) is 65.8 Å². The van der Waals surface area contributed by atoms with Crippen LogP contribution in [-0.2, 0) is 32.2 Å². The van der Waals surface area contributed by atoms with Crippen LogP contribution in [0.5, 0.6) is 0 Å². The average Bonchev–Trinajstić information content (AvgIpc) is 3.15. The zero-order chi connectivity index (χ0) is 18.5. The van der Waals surface area contributed by atoms with E-state index in [0.717, 1.165) is 11.1 Å². The van der Waals surface area contributed by atoms with Gasteiger partial charge in [-0.3, -0.25) is 0 Å². The second kappa shape index (κ2) is 8.52. The molecule has 27 heavy (non-hydrogen) atoms. The summed E-state index contributed by atoms with van der Waals surface area (Å²) in [7, 11) is 0. The highest BCUT2D eigenvalue weighted by molar-refractivity contribution is 5.15. The summed E-state index contributed by atoms with van der Waals surface area (Å²) in [5, 5.41) is 3.89. The minimum atomic E-state index is -0.599. The Labute approximate surface area is 157 Å². The molecule has 0 amide bonds. The zero-order valence-corrected chi connectivity index (χ0v) is 14.8. The van der Waals surface area contributed by atoms with Crippen LogP contribution in [0.3, 0.4) is 0 Å². The van der Waals surface area contributed by atoms with Crippen molar-refractivity contribution in [1.29, 1.82) is 0 Å². The number of ether oxygens (including phenoxy) is 4. The lowest BCUT2D eigenvalue weighted by Crippen LogP contribution is -2.55. The minimum Gasteiger partial charge on any atom is -0.370 e. The number of benzene rings is 2. The lowest BCUT2D eigenvalue weighted by atomic mass is 9.98. The van der Waals surface area contributed by atoms with Crippen LogP contribution >= 0.6 is 0 Å². The molecule has 2 fully saturated rings. The molecule has 7 heteroatoms. The fraction of sp³-hybridized carbons (Fsp3) is 0.400. The summed E-state index contributed by atoms with van der Waals surface area (Å²) in [6, 6.07) is 19.2. The van der Waals surface area contributed by atoms with Crippen LogP contribution in [0.15, 0.2) is 65.8 Å². The quantitative estimate of drug-likeness (QED) is 0.425. The molecule has 2 heterocycles. The van der Waals surface area contributed by atoms with Gasteiger partial charge < -0.3 is 18.9 Å². The smallest absolute Gasteiger partial charge is 0.169 e. The Morgan fingerprint density at radius 2 is 1.52 bits per heavy atom. The zero-order valence-electron chi connectivity index (χ0n) is 14.8. The summed E-state index contributed by atoms with van der Waals surface area (Å²) in [6.07, 6.45) is -1.67. The summed E-state index contributed by atoms with van der Waals surface area (Å²) < 4.78 is 23.8. The van der Waals surface area contributed by atoms with Crippen molar-refractivity contribution in [3.63, 3.8) is 0 Å². The van der Waals surface area contributed by atoms with Crippen molar-refractivity contribution >= 4 is 0 Å². The van der Waals surface area contributed by atoms with Gasteiger partial charge in [0.2, 0.25) is 0 Å². The van der Waals surface area contributed by atoms with Gasteiger partial charge in [-0.05, 0) is 16.7 Å². The van der Waals surface area contributed by atoms with Gasteiger partial charge in [0.15, 0.2) is 6.29 Å². The van der Waals surface area contributed by atoms with E-state index in [0.29, 0.717) is 19.8 Å². The first-order chi connectivity index (χ1) is 13.3. The fourth-order valence-electron chi connectivity index (χ4n) is 3.46. The number of hydrogen-bond acceptors (Lipinski definition) is 5. The highest BCUT2D eigenvalue weighted by Crippen LogP contribution is 2.34. The van der Waals surface area contributed by atoms with Gasteiger partial charge in [0.25, 0.3) is 0 Å². The van der Waals surface area contributed by atoms with Crippen molar-refractivity contribution in [2.45, 2.75) is 43.9 Å². The fourth-order valence-corrected chi connectivity index (χ4v) is 3.46. The molecule has 2 aromatic carbocycles. The molecule has 2 aliphatic rings. The highest BCUT2D eigenvalue weighted by atomic mass is 16.7. The maximum atomic E-state index is 8.99. The molecule has 3 unspecified atom stereocenters. The van der Waals surface area contributed by atoms with Gasteiger partial charge >= 0.3 is 0 Å². The Hall–Kier alpha value is -2.41. The summed E-state index contributed by atoms with van der Waals surface area (Å²) in [4.78, 5) is 2.96. The molecule has 2 bridgehead atoms. The Morgan fingerprint density at radius 1 is 0.926 bits per heavy atom. The molecule has 140 valence electrons. The van der Waals surface area contributed by atoms with Crippen molar-refractivity contribution in [1.82, 2.24) is 0 Å². The number of rotatable bonds is 7. The number of hydrogen-bond donors (Lipinski definition) is 0. The largest absolute Gasteiger partial charge is 0.370 e. The Balaban J connectivity index is 1.52. The molecule has 0 aromatic heterocycles. The minimum absolute atomic E-state index is 0.246. The molecule has 2 saturated heterocycles. The van der Waals surface area contributed by atoms with E-state index in [1.807, 2.05) is 60.7 Å². The van der Waals surface area contributed by atoms with Crippen LogP contribution in [-0.4, -0.2) is 37.3 Å². The van der Waals surface area contributed by atoms with Crippen molar-refractivity contribution < 1.29 is 18.9 Å². The summed E-state index contributed by atoms with van der Waals surface area (Å²) in [5.41, 5.74) is 11.1. The molecule has 0 spiro atoms. The van der Waals surface area contributed by atoms with Gasteiger partial charge in [0.1, 0.15) is 24.4 Å². The monoisotopic (exact) mass is 367 g/mol. The molecular weight excluding hydrogens is 346 g/mol. The molecule has 4 rings (SSSR count).